The highest BCUT2D eigenvalue weighted by Gasteiger charge is 2.36. The normalized spacial score (nSPS) is 17.7. The van der Waals surface area contributed by atoms with Crippen molar-refractivity contribution >= 4 is 22.6 Å². The van der Waals surface area contributed by atoms with Crippen LogP contribution in [0.15, 0.2) is 42.6 Å². The molecule has 2 N–H and O–H groups in total. The van der Waals surface area contributed by atoms with Crippen LogP contribution in [0, 0.1) is 17.0 Å². The molecule has 3 aromatic rings. The molecule has 0 saturated carbocycles. The van der Waals surface area contributed by atoms with E-state index in [1.54, 1.807) is 7.11 Å². The zero-order valence-corrected chi connectivity index (χ0v) is 24.9. The van der Waals surface area contributed by atoms with E-state index in [2.05, 4.69) is 21.2 Å². The summed E-state index contributed by atoms with van der Waals surface area (Å²) in [6.07, 6.45) is 6.32. The molecule has 5 rings (SSSR count). The van der Waals surface area contributed by atoms with Crippen LogP contribution in [0.2, 0.25) is 0 Å². The smallest absolute Gasteiger partial charge is 0.303 e. The number of piperidine rings is 1. The number of hydrogen-bond donors (Lipinski definition) is 2. The third kappa shape index (κ3) is 8.40. The van der Waals surface area contributed by atoms with Crippen molar-refractivity contribution in [2.45, 2.75) is 45.1 Å². The molecule has 0 radical (unpaired) electrons. The number of aromatic nitrogens is 1. The molecular weight excluding hydrogens is 554 g/mol. The number of morpholine rings is 1. The third-order valence-corrected chi connectivity index (χ3v) is 8.97. The van der Waals surface area contributed by atoms with Crippen molar-refractivity contribution < 1.29 is 28.2 Å². The standard InChI is InChI=1S/C33H42F2N4O4/c1-42-28-4-5-31-30(20-28)29(24(22-37-31)23-39-13-15-43-16-14-39)3-2-6-33(21-32(40)41)7-10-38(11-8-33)12-9-36-27-18-25(34)17-26(35)19-27/h4-5,17-20,22,36H,2-3,6-16,21,23H2,1H3,(H,40,41). The van der Waals surface area contributed by atoms with Gasteiger partial charge in [0.25, 0.3) is 0 Å². The van der Waals surface area contributed by atoms with Crippen molar-refractivity contribution in [2.75, 3.05) is 64.9 Å². The van der Waals surface area contributed by atoms with Crippen LogP contribution in [0.3, 0.4) is 0 Å². The molecule has 2 aliphatic rings. The summed E-state index contributed by atoms with van der Waals surface area (Å²) in [5.74, 6) is -1.17. The van der Waals surface area contributed by atoms with Crippen LogP contribution in [0.5, 0.6) is 5.75 Å². The summed E-state index contributed by atoms with van der Waals surface area (Å²) in [5.41, 5.74) is 3.56. The van der Waals surface area contributed by atoms with Gasteiger partial charge in [0.05, 0.1) is 32.3 Å². The van der Waals surface area contributed by atoms with E-state index >= 15 is 0 Å². The lowest BCUT2D eigenvalue weighted by Gasteiger charge is -2.41. The second-order valence-corrected chi connectivity index (χ2v) is 11.9. The average Bonchev–Trinajstić information content (AvgIpc) is 2.98. The molecule has 10 heteroatoms. The molecule has 1 aromatic heterocycles. The highest BCUT2D eigenvalue weighted by Crippen LogP contribution is 2.40. The van der Waals surface area contributed by atoms with Gasteiger partial charge >= 0.3 is 5.97 Å². The van der Waals surface area contributed by atoms with Crippen molar-refractivity contribution in [3.05, 3.63) is 65.4 Å². The Morgan fingerprint density at radius 1 is 1.07 bits per heavy atom. The lowest BCUT2D eigenvalue weighted by atomic mass is 9.72. The summed E-state index contributed by atoms with van der Waals surface area (Å²) in [6, 6.07) is 9.42. The number of likely N-dealkylation sites (tertiary alicyclic amines) is 1. The van der Waals surface area contributed by atoms with E-state index in [0.29, 0.717) is 12.2 Å². The number of aryl methyl sites for hydroxylation is 1. The van der Waals surface area contributed by atoms with E-state index in [4.69, 9.17) is 14.5 Å². The first-order chi connectivity index (χ1) is 20.8. The molecule has 2 saturated heterocycles. The number of anilines is 1. The minimum atomic E-state index is -0.754. The molecule has 0 bridgehead atoms. The van der Waals surface area contributed by atoms with Crippen LogP contribution < -0.4 is 10.1 Å². The van der Waals surface area contributed by atoms with Crippen LogP contribution in [0.25, 0.3) is 10.9 Å². The Bertz CT molecular complexity index is 1370. The second kappa shape index (κ2) is 14.4. The van der Waals surface area contributed by atoms with E-state index in [1.807, 2.05) is 18.3 Å². The number of ether oxygens (including phenoxy) is 2. The number of methoxy groups -OCH3 is 1. The van der Waals surface area contributed by atoms with Crippen molar-refractivity contribution in [1.29, 1.82) is 0 Å². The van der Waals surface area contributed by atoms with Gasteiger partial charge in [0.15, 0.2) is 0 Å². The Morgan fingerprint density at radius 3 is 2.51 bits per heavy atom. The lowest BCUT2D eigenvalue weighted by Crippen LogP contribution is -2.43. The SMILES string of the molecule is COc1ccc2ncc(CN3CCOCC3)c(CCCC3(CC(=O)O)CCN(CCNc4cc(F)cc(F)c4)CC3)c2c1. The molecule has 0 spiro atoms. The highest BCUT2D eigenvalue weighted by molar-refractivity contribution is 5.84. The Hall–Kier alpha value is -3.34. The van der Waals surface area contributed by atoms with E-state index in [-0.39, 0.29) is 11.8 Å². The summed E-state index contributed by atoms with van der Waals surface area (Å²) in [6.45, 7) is 6.93. The Kier molecular flexibility index (Phi) is 10.4. The third-order valence-electron chi connectivity index (χ3n) is 8.97. The number of carboxylic acid groups (broad SMARTS) is 1. The molecule has 8 nitrogen and oxygen atoms in total. The quantitative estimate of drug-likeness (QED) is 0.273. The van der Waals surface area contributed by atoms with Gasteiger partial charge in [-0.05, 0) is 92.1 Å². The summed E-state index contributed by atoms with van der Waals surface area (Å²) in [5, 5.41) is 14.0. The molecule has 0 unspecified atom stereocenters. The molecule has 0 amide bonds. The van der Waals surface area contributed by atoms with E-state index < -0.39 is 17.6 Å². The lowest BCUT2D eigenvalue weighted by molar-refractivity contribution is -0.140. The first-order valence-corrected chi connectivity index (χ1v) is 15.2. The number of benzene rings is 2. The van der Waals surface area contributed by atoms with Crippen LogP contribution >= 0.6 is 0 Å². The molecule has 2 aliphatic heterocycles. The number of pyridine rings is 1. The number of carbonyl (C=O) groups is 1. The van der Waals surface area contributed by atoms with Crippen LogP contribution in [0.1, 0.15) is 43.2 Å². The monoisotopic (exact) mass is 596 g/mol. The Balaban J connectivity index is 1.23. The van der Waals surface area contributed by atoms with Crippen LogP contribution in [-0.4, -0.2) is 85.5 Å². The fourth-order valence-corrected chi connectivity index (χ4v) is 6.57. The van der Waals surface area contributed by atoms with Crippen molar-refractivity contribution in [3.8, 4) is 5.75 Å². The van der Waals surface area contributed by atoms with Gasteiger partial charge in [-0.1, -0.05) is 0 Å². The molecule has 43 heavy (non-hydrogen) atoms. The number of nitrogens with one attached hydrogen (secondary N) is 1. The number of fused-ring (bicyclic) bond motifs is 1. The summed E-state index contributed by atoms with van der Waals surface area (Å²) >= 11 is 0. The molecule has 2 fully saturated rings. The van der Waals surface area contributed by atoms with Gasteiger partial charge in [-0.25, -0.2) is 8.78 Å². The van der Waals surface area contributed by atoms with Gasteiger partial charge in [0.1, 0.15) is 17.4 Å². The maximum absolute atomic E-state index is 13.5. The number of carboxylic acids is 1. The summed E-state index contributed by atoms with van der Waals surface area (Å²) < 4.78 is 38.1. The number of hydrogen-bond acceptors (Lipinski definition) is 7. The van der Waals surface area contributed by atoms with E-state index in [1.165, 1.54) is 23.3 Å². The maximum atomic E-state index is 13.5. The zero-order chi connectivity index (χ0) is 30.2. The van der Waals surface area contributed by atoms with E-state index in [0.717, 1.165) is 107 Å². The minimum Gasteiger partial charge on any atom is -0.497 e. The van der Waals surface area contributed by atoms with Gasteiger partial charge in [-0.3, -0.25) is 14.7 Å². The number of nitrogens with zero attached hydrogens (tertiary/aromatic N) is 3. The molecule has 0 aliphatic carbocycles. The molecule has 232 valence electrons. The van der Waals surface area contributed by atoms with Crippen molar-refractivity contribution in [3.63, 3.8) is 0 Å². The van der Waals surface area contributed by atoms with Gasteiger partial charge < -0.3 is 24.8 Å². The number of aliphatic carboxylic acids is 1. The maximum Gasteiger partial charge on any atom is 0.303 e. The average molecular weight is 597 g/mol. The van der Waals surface area contributed by atoms with Gasteiger partial charge in [-0.2, -0.15) is 0 Å². The fraction of sp³-hybridized carbons (Fsp3) is 0.515. The minimum absolute atomic E-state index is 0.160. The van der Waals surface area contributed by atoms with Gasteiger partial charge in [0.2, 0.25) is 0 Å². The number of halogens is 2. The largest absolute Gasteiger partial charge is 0.497 e. The zero-order valence-electron chi connectivity index (χ0n) is 24.9. The van der Waals surface area contributed by atoms with Crippen molar-refractivity contribution in [2.24, 2.45) is 5.41 Å². The summed E-state index contributed by atoms with van der Waals surface area (Å²) in [7, 11) is 1.67. The molecule has 3 heterocycles. The predicted octanol–water partition coefficient (Wildman–Crippen LogP) is 5.35. The summed E-state index contributed by atoms with van der Waals surface area (Å²) in [4.78, 5) is 21.4. The Morgan fingerprint density at radius 2 is 1.81 bits per heavy atom. The Labute approximate surface area is 252 Å². The van der Waals surface area contributed by atoms with Gasteiger partial charge in [-0.15, -0.1) is 0 Å². The van der Waals surface area contributed by atoms with Crippen molar-refractivity contribution in [1.82, 2.24) is 14.8 Å². The fourth-order valence-electron chi connectivity index (χ4n) is 6.57. The second-order valence-electron chi connectivity index (χ2n) is 11.9. The highest BCUT2D eigenvalue weighted by atomic mass is 19.1. The topological polar surface area (TPSA) is 87.2 Å². The van der Waals surface area contributed by atoms with Crippen LogP contribution in [0.4, 0.5) is 14.5 Å². The molecule has 0 atom stereocenters. The number of rotatable bonds is 13. The van der Waals surface area contributed by atoms with E-state index in [9.17, 15) is 18.7 Å². The molecular formula is C33H42F2N4O4. The van der Waals surface area contributed by atoms with Gasteiger partial charge in [0, 0.05) is 56.1 Å². The van der Waals surface area contributed by atoms with Crippen LogP contribution in [-0.2, 0) is 22.5 Å². The molecule has 2 aromatic carbocycles. The predicted molar refractivity (Wildman–Crippen MR) is 163 cm³/mol. The first kappa shape index (κ1) is 31.1. The first-order valence-electron chi connectivity index (χ1n) is 15.2.